The van der Waals surface area contributed by atoms with E-state index in [9.17, 15) is 0 Å². The summed E-state index contributed by atoms with van der Waals surface area (Å²) in [5.41, 5.74) is 5.68. The fourth-order valence-electron chi connectivity index (χ4n) is 2.38. The molecule has 0 spiro atoms. The Labute approximate surface area is 96.6 Å². The maximum Gasteiger partial charge on any atom is 0.231 e. The average Bonchev–Trinajstić information content (AvgIpc) is 2.81. The molecule has 1 aliphatic carbocycles. The van der Waals surface area contributed by atoms with Crippen molar-refractivity contribution in [3.05, 3.63) is 11.7 Å². The van der Waals surface area contributed by atoms with Gasteiger partial charge in [0.1, 0.15) is 0 Å². The summed E-state index contributed by atoms with van der Waals surface area (Å²) >= 11 is 0. The second-order valence-corrected chi connectivity index (χ2v) is 4.67. The summed E-state index contributed by atoms with van der Waals surface area (Å²) in [6, 6.07) is 0. The van der Waals surface area contributed by atoms with Gasteiger partial charge in [0.05, 0.1) is 5.92 Å². The van der Waals surface area contributed by atoms with Gasteiger partial charge in [-0.05, 0) is 19.3 Å². The Hall–Kier alpha value is -0.900. The summed E-state index contributed by atoms with van der Waals surface area (Å²) in [5.74, 6) is 2.37. The van der Waals surface area contributed by atoms with Crippen LogP contribution in [0.15, 0.2) is 4.52 Å². The van der Waals surface area contributed by atoms with E-state index in [2.05, 4.69) is 17.1 Å². The van der Waals surface area contributed by atoms with Crippen molar-refractivity contribution >= 4 is 0 Å². The highest BCUT2D eigenvalue weighted by Gasteiger charge is 2.22. The first kappa shape index (κ1) is 11.6. The maximum atomic E-state index is 5.68. The van der Waals surface area contributed by atoms with Crippen LogP contribution < -0.4 is 5.73 Å². The number of nitrogens with zero attached hydrogens (tertiary/aromatic N) is 2. The van der Waals surface area contributed by atoms with Crippen LogP contribution in [0.25, 0.3) is 0 Å². The van der Waals surface area contributed by atoms with Crippen LogP contribution in [0.4, 0.5) is 0 Å². The van der Waals surface area contributed by atoms with Crippen LogP contribution in [-0.2, 0) is 0 Å². The lowest BCUT2D eigenvalue weighted by atomic mass is 9.89. The third-order valence-electron chi connectivity index (χ3n) is 3.55. The SMILES string of the molecule is CCC(CN)c1nc(C2CCCCC2)no1. The Balaban J connectivity index is 2.05. The summed E-state index contributed by atoms with van der Waals surface area (Å²) in [5, 5.41) is 4.12. The molecular formula is C12H21N3O. The van der Waals surface area contributed by atoms with Gasteiger partial charge in [-0.25, -0.2) is 0 Å². The maximum absolute atomic E-state index is 5.68. The quantitative estimate of drug-likeness (QED) is 0.852. The van der Waals surface area contributed by atoms with Gasteiger partial charge in [-0.1, -0.05) is 31.3 Å². The van der Waals surface area contributed by atoms with Crippen molar-refractivity contribution in [1.29, 1.82) is 0 Å². The van der Waals surface area contributed by atoms with E-state index in [1.54, 1.807) is 0 Å². The molecule has 4 heteroatoms. The van der Waals surface area contributed by atoms with Crippen LogP contribution in [0.3, 0.4) is 0 Å². The van der Waals surface area contributed by atoms with Gasteiger partial charge in [0.25, 0.3) is 0 Å². The van der Waals surface area contributed by atoms with Crippen molar-refractivity contribution in [2.24, 2.45) is 5.73 Å². The van der Waals surface area contributed by atoms with Crippen molar-refractivity contribution in [1.82, 2.24) is 10.1 Å². The van der Waals surface area contributed by atoms with Gasteiger partial charge < -0.3 is 10.3 Å². The van der Waals surface area contributed by atoms with Gasteiger partial charge in [0.15, 0.2) is 5.82 Å². The summed E-state index contributed by atoms with van der Waals surface area (Å²) in [7, 11) is 0. The first-order valence-electron chi connectivity index (χ1n) is 6.38. The van der Waals surface area contributed by atoms with Crippen molar-refractivity contribution in [3.8, 4) is 0 Å². The minimum absolute atomic E-state index is 0.227. The van der Waals surface area contributed by atoms with Crippen molar-refractivity contribution < 1.29 is 4.52 Å². The van der Waals surface area contributed by atoms with Gasteiger partial charge in [-0.2, -0.15) is 4.98 Å². The minimum atomic E-state index is 0.227. The van der Waals surface area contributed by atoms with Gasteiger partial charge in [-0.3, -0.25) is 0 Å². The fourth-order valence-corrected chi connectivity index (χ4v) is 2.38. The minimum Gasteiger partial charge on any atom is -0.339 e. The molecule has 1 aromatic rings. The largest absolute Gasteiger partial charge is 0.339 e. The van der Waals surface area contributed by atoms with E-state index in [1.807, 2.05) is 0 Å². The van der Waals surface area contributed by atoms with Gasteiger partial charge in [-0.15, -0.1) is 0 Å². The zero-order chi connectivity index (χ0) is 11.4. The predicted octanol–water partition coefficient (Wildman–Crippen LogP) is 2.57. The molecule has 90 valence electrons. The molecule has 1 saturated carbocycles. The van der Waals surface area contributed by atoms with E-state index in [-0.39, 0.29) is 5.92 Å². The van der Waals surface area contributed by atoms with Crippen molar-refractivity contribution in [2.45, 2.75) is 57.3 Å². The van der Waals surface area contributed by atoms with Gasteiger partial charge in [0.2, 0.25) is 5.89 Å². The lowest BCUT2D eigenvalue weighted by Gasteiger charge is -2.17. The van der Waals surface area contributed by atoms with Gasteiger partial charge in [0, 0.05) is 12.5 Å². The van der Waals surface area contributed by atoms with Crippen LogP contribution in [0.2, 0.25) is 0 Å². The van der Waals surface area contributed by atoms with E-state index >= 15 is 0 Å². The molecule has 1 heterocycles. The third-order valence-corrected chi connectivity index (χ3v) is 3.55. The lowest BCUT2D eigenvalue weighted by molar-refractivity contribution is 0.339. The summed E-state index contributed by atoms with van der Waals surface area (Å²) in [4.78, 5) is 4.52. The second kappa shape index (κ2) is 5.43. The Kier molecular flexibility index (Phi) is 3.93. The number of aromatic nitrogens is 2. The topological polar surface area (TPSA) is 64.9 Å². The molecule has 1 atom stereocenters. The number of rotatable bonds is 4. The van der Waals surface area contributed by atoms with E-state index < -0.39 is 0 Å². The number of hydrogen-bond donors (Lipinski definition) is 1. The molecule has 1 aliphatic rings. The highest BCUT2D eigenvalue weighted by atomic mass is 16.5. The van der Waals surface area contributed by atoms with Crippen molar-refractivity contribution in [2.75, 3.05) is 6.54 Å². The Morgan fingerprint density at radius 1 is 1.38 bits per heavy atom. The predicted molar refractivity (Wildman–Crippen MR) is 62.2 cm³/mol. The molecule has 1 unspecified atom stereocenters. The fraction of sp³-hybridized carbons (Fsp3) is 0.833. The summed E-state index contributed by atoms with van der Waals surface area (Å²) in [6.07, 6.45) is 7.31. The Morgan fingerprint density at radius 2 is 2.12 bits per heavy atom. The van der Waals surface area contributed by atoms with E-state index in [4.69, 9.17) is 10.3 Å². The van der Waals surface area contributed by atoms with Crippen molar-refractivity contribution in [3.63, 3.8) is 0 Å². The molecule has 0 radical (unpaired) electrons. The van der Waals surface area contributed by atoms with E-state index in [0.717, 1.165) is 18.1 Å². The van der Waals surface area contributed by atoms with Crippen LogP contribution in [-0.4, -0.2) is 16.7 Å². The van der Waals surface area contributed by atoms with E-state index in [0.29, 0.717) is 12.5 Å². The number of hydrogen-bond acceptors (Lipinski definition) is 4. The Bertz CT molecular complexity index is 314. The smallest absolute Gasteiger partial charge is 0.231 e. The molecule has 2 rings (SSSR count). The average molecular weight is 223 g/mol. The monoisotopic (exact) mass is 223 g/mol. The van der Waals surface area contributed by atoms with E-state index in [1.165, 1.54) is 32.1 Å². The first-order valence-corrected chi connectivity index (χ1v) is 6.38. The third kappa shape index (κ3) is 2.43. The molecule has 0 saturated heterocycles. The summed E-state index contributed by atoms with van der Waals surface area (Å²) < 4.78 is 5.32. The molecule has 0 amide bonds. The molecular weight excluding hydrogens is 202 g/mol. The molecule has 1 aromatic heterocycles. The van der Waals surface area contributed by atoms with Crippen LogP contribution in [0.5, 0.6) is 0 Å². The molecule has 4 nitrogen and oxygen atoms in total. The molecule has 1 fully saturated rings. The van der Waals surface area contributed by atoms with Gasteiger partial charge >= 0.3 is 0 Å². The van der Waals surface area contributed by atoms with Crippen LogP contribution >= 0.6 is 0 Å². The number of nitrogens with two attached hydrogens (primary N) is 1. The second-order valence-electron chi connectivity index (χ2n) is 4.67. The molecule has 0 aromatic carbocycles. The zero-order valence-electron chi connectivity index (χ0n) is 9.98. The Morgan fingerprint density at radius 3 is 2.75 bits per heavy atom. The highest BCUT2D eigenvalue weighted by Crippen LogP contribution is 2.31. The lowest BCUT2D eigenvalue weighted by Crippen LogP contribution is -2.12. The molecule has 0 aliphatic heterocycles. The first-order chi connectivity index (χ1) is 7.85. The molecule has 2 N–H and O–H groups in total. The van der Waals surface area contributed by atoms with Crippen LogP contribution in [0.1, 0.15) is 69.0 Å². The molecule has 0 bridgehead atoms. The molecule has 16 heavy (non-hydrogen) atoms. The zero-order valence-corrected chi connectivity index (χ0v) is 9.98. The highest BCUT2D eigenvalue weighted by molar-refractivity contribution is 5.00. The normalized spacial score (nSPS) is 19.9. The van der Waals surface area contributed by atoms with Crippen LogP contribution in [0, 0.1) is 0 Å². The summed E-state index contributed by atoms with van der Waals surface area (Å²) in [6.45, 7) is 2.69. The standard InChI is InChI=1S/C12H21N3O/c1-2-9(8-13)12-14-11(15-16-12)10-6-4-3-5-7-10/h9-10H,2-8,13H2,1H3.